The van der Waals surface area contributed by atoms with Crippen LogP contribution in [0.25, 0.3) is 0 Å². The Balaban J connectivity index is 1.64. The summed E-state index contributed by atoms with van der Waals surface area (Å²) in [6.45, 7) is 0.900. The minimum atomic E-state index is 0.680. The molecule has 0 saturated heterocycles. The molecule has 2 saturated carbocycles. The molecule has 0 aliphatic heterocycles. The molecule has 0 radical (unpaired) electrons. The normalized spacial score (nSPS) is 20.3. The average Bonchev–Trinajstić information content (AvgIpc) is 3.32. The van der Waals surface area contributed by atoms with Gasteiger partial charge in [-0.05, 0) is 43.4 Å². The van der Waals surface area contributed by atoms with E-state index >= 15 is 0 Å². The molecule has 0 bridgehead atoms. The van der Waals surface area contributed by atoms with Gasteiger partial charge in [0.15, 0.2) is 0 Å². The zero-order chi connectivity index (χ0) is 14.7. The summed E-state index contributed by atoms with van der Waals surface area (Å²) in [4.78, 5) is 2.44. The molecule has 2 nitrogen and oxygen atoms in total. The molecular formula is C18H27ClN2. The standard InChI is InChI=1S/C18H27ClN2/c1-21(16-6-4-2-3-5-7-16)17-11-8-14(18(19)12-17)13-20-15-9-10-15/h8,11-12,15-16,20H,2-7,9-10,13H2,1H3. The molecular weight excluding hydrogens is 280 g/mol. The average molecular weight is 307 g/mol. The molecule has 2 aliphatic carbocycles. The van der Waals surface area contributed by atoms with Crippen molar-refractivity contribution in [3.8, 4) is 0 Å². The fourth-order valence-electron chi connectivity index (χ4n) is 3.30. The molecule has 0 aromatic heterocycles. The van der Waals surface area contributed by atoms with E-state index in [0.717, 1.165) is 17.6 Å². The van der Waals surface area contributed by atoms with Gasteiger partial charge in [0.25, 0.3) is 0 Å². The predicted molar refractivity (Wildman–Crippen MR) is 91.2 cm³/mol. The van der Waals surface area contributed by atoms with Crippen molar-refractivity contribution in [3.63, 3.8) is 0 Å². The van der Waals surface area contributed by atoms with Gasteiger partial charge in [0.1, 0.15) is 0 Å². The molecule has 0 heterocycles. The Morgan fingerprint density at radius 2 is 1.81 bits per heavy atom. The molecule has 116 valence electrons. The van der Waals surface area contributed by atoms with Gasteiger partial charge in [-0.25, -0.2) is 0 Å². The van der Waals surface area contributed by atoms with Crippen LogP contribution < -0.4 is 10.2 Å². The number of hydrogen-bond acceptors (Lipinski definition) is 2. The lowest BCUT2D eigenvalue weighted by molar-refractivity contribution is 0.553. The maximum atomic E-state index is 6.48. The molecule has 2 aliphatic rings. The first kappa shape index (κ1) is 15.2. The third-order valence-corrected chi connectivity index (χ3v) is 5.33. The topological polar surface area (TPSA) is 15.3 Å². The van der Waals surface area contributed by atoms with Gasteiger partial charge in [0, 0.05) is 36.4 Å². The fourth-order valence-corrected chi connectivity index (χ4v) is 3.54. The van der Waals surface area contributed by atoms with Crippen molar-refractivity contribution in [2.24, 2.45) is 0 Å². The monoisotopic (exact) mass is 306 g/mol. The van der Waals surface area contributed by atoms with Crippen LogP contribution >= 0.6 is 11.6 Å². The zero-order valence-corrected chi connectivity index (χ0v) is 13.8. The summed E-state index contributed by atoms with van der Waals surface area (Å²) in [5.74, 6) is 0. The summed E-state index contributed by atoms with van der Waals surface area (Å²) in [5.41, 5.74) is 2.49. The summed E-state index contributed by atoms with van der Waals surface area (Å²) in [5, 5.41) is 4.44. The van der Waals surface area contributed by atoms with Crippen LogP contribution in [0.3, 0.4) is 0 Å². The first-order chi connectivity index (χ1) is 10.2. The summed E-state index contributed by atoms with van der Waals surface area (Å²) < 4.78 is 0. The largest absolute Gasteiger partial charge is 0.372 e. The molecule has 1 N–H and O–H groups in total. The summed E-state index contributed by atoms with van der Waals surface area (Å²) in [7, 11) is 2.23. The minimum absolute atomic E-state index is 0.680. The van der Waals surface area contributed by atoms with E-state index in [0.29, 0.717) is 6.04 Å². The number of halogens is 1. The molecule has 0 amide bonds. The van der Waals surface area contributed by atoms with Gasteiger partial charge >= 0.3 is 0 Å². The number of hydrogen-bond donors (Lipinski definition) is 1. The van der Waals surface area contributed by atoms with Crippen LogP contribution in [0.4, 0.5) is 5.69 Å². The van der Waals surface area contributed by atoms with Crippen molar-refractivity contribution in [3.05, 3.63) is 28.8 Å². The Bertz CT molecular complexity index is 462. The van der Waals surface area contributed by atoms with Crippen LogP contribution in [0.15, 0.2) is 18.2 Å². The molecule has 0 unspecified atom stereocenters. The van der Waals surface area contributed by atoms with Gasteiger partial charge in [-0.1, -0.05) is 43.4 Å². The number of rotatable bonds is 5. The SMILES string of the molecule is CN(c1ccc(CNC2CC2)c(Cl)c1)C1CCCCCC1. The number of nitrogens with one attached hydrogen (secondary N) is 1. The Kier molecular flexibility index (Phi) is 5.07. The van der Waals surface area contributed by atoms with Crippen molar-refractivity contribution < 1.29 is 0 Å². The Morgan fingerprint density at radius 1 is 1.10 bits per heavy atom. The molecule has 1 aromatic carbocycles. The maximum absolute atomic E-state index is 6.48. The lowest BCUT2D eigenvalue weighted by Gasteiger charge is -2.29. The van der Waals surface area contributed by atoms with Gasteiger partial charge in [0.2, 0.25) is 0 Å². The van der Waals surface area contributed by atoms with Gasteiger partial charge in [-0.3, -0.25) is 0 Å². The molecule has 0 spiro atoms. The minimum Gasteiger partial charge on any atom is -0.372 e. The summed E-state index contributed by atoms with van der Waals surface area (Å²) in [6, 6.07) is 7.99. The Labute approximate surface area is 133 Å². The third-order valence-electron chi connectivity index (χ3n) is 4.97. The first-order valence-electron chi connectivity index (χ1n) is 8.48. The van der Waals surface area contributed by atoms with E-state index in [1.54, 1.807) is 0 Å². The van der Waals surface area contributed by atoms with Crippen LogP contribution in [0.2, 0.25) is 5.02 Å². The van der Waals surface area contributed by atoms with E-state index in [9.17, 15) is 0 Å². The molecule has 3 rings (SSSR count). The smallest absolute Gasteiger partial charge is 0.0471 e. The quantitative estimate of drug-likeness (QED) is 0.790. The summed E-state index contributed by atoms with van der Waals surface area (Å²) in [6.07, 6.45) is 10.8. The molecule has 0 atom stereocenters. The van der Waals surface area contributed by atoms with E-state index in [2.05, 4.69) is 35.5 Å². The van der Waals surface area contributed by atoms with Crippen molar-refractivity contribution >= 4 is 17.3 Å². The van der Waals surface area contributed by atoms with Crippen molar-refractivity contribution in [1.82, 2.24) is 5.32 Å². The van der Waals surface area contributed by atoms with Gasteiger partial charge in [-0.15, -0.1) is 0 Å². The van der Waals surface area contributed by atoms with E-state index in [1.807, 2.05) is 0 Å². The van der Waals surface area contributed by atoms with Crippen LogP contribution in [-0.2, 0) is 6.54 Å². The second kappa shape index (κ2) is 7.02. The molecule has 1 aromatic rings. The number of benzene rings is 1. The second-order valence-corrected chi connectivity index (χ2v) is 7.09. The number of anilines is 1. The lowest BCUT2D eigenvalue weighted by Crippen LogP contribution is -2.31. The summed E-state index contributed by atoms with van der Waals surface area (Å²) >= 11 is 6.48. The fraction of sp³-hybridized carbons (Fsp3) is 0.667. The lowest BCUT2D eigenvalue weighted by atomic mass is 10.1. The molecule has 21 heavy (non-hydrogen) atoms. The van der Waals surface area contributed by atoms with E-state index in [1.165, 1.54) is 62.6 Å². The third kappa shape index (κ3) is 4.14. The predicted octanol–water partition coefficient (Wildman–Crippen LogP) is 4.75. The van der Waals surface area contributed by atoms with Gasteiger partial charge in [0.05, 0.1) is 0 Å². The highest BCUT2D eigenvalue weighted by Crippen LogP contribution is 2.29. The van der Waals surface area contributed by atoms with Crippen LogP contribution in [0.1, 0.15) is 56.9 Å². The van der Waals surface area contributed by atoms with Crippen molar-refractivity contribution in [2.75, 3.05) is 11.9 Å². The van der Waals surface area contributed by atoms with Gasteiger partial charge < -0.3 is 10.2 Å². The van der Waals surface area contributed by atoms with Crippen LogP contribution in [0.5, 0.6) is 0 Å². The maximum Gasteiger partial charge on any atom is 0.0471 e. The number of nitrogens with zero attached hydrogens (tertiary/aromatic N) is 1. The van der Waals surface area contributed by atoms with Gasteiger partial charge in [-0.2, -0.15) is 0 Å². The molecule has 2 fully saturated rings. The highest BCUT2D eigenvalue weighted by molar-refractivity contribution is 6.31. The second-order valence-electron chi connectivity index (χ2n) is 6.69. The first-order valence-corrected chi connectivity index (χ1v) is 8.86. The molecule has 3 heteroatoms. The van der Waals surface area contributed by atoms with Crippen molar-refractivity contribution in [1.29, 1.82) is 0 Å². The zero-order valence-electron chi connectivity index (χ0n) is 13.1. The van der Waals surface area contributed by atoms with E-state index in [-0.39, 0.29) is 0 Å². The van der Waals surface area contributed by atoms with Crippen LogP contribution in [0, 0.1) is 0 Å². The van der Waals surface area contributed by atoms with Crippen LogP contribution in [-0.4, -0.2) is 19.1 Å². The Hall–Kier alpha value is -0.730. The van der Waals surface area contributed by atoms with E-state index < -0.39 is 0 Å². The van der Waals surface area contributed by atoms with E-state index in [4.69, 9.17) is 11.6 Å². The highest BCUT2D eigenvalue weighted by Gasteiger charge is 2.21. The highest BCUT2D eigenvalue weighted by atomic mass is 35.5. The Morgan fingerprint density at radius 3 is 2.43 bits per heavy atom. The van der Waals surface area contributed by atoms with Crippen molar-refractivity contribution in [2.45, 2.75) is 70.0 Å².